The minimum atomic E-state index is -0.684. The lowest BCUT2D eigenvalue weighted by molar-refractivity contribution is 0.0434. The number of anilines is 1. The lowest BCUT2D eigenvalue weighted by Gasteiger charge is -2.33. The van der Waals surface area contributed by atoms with Crippen molar-refractivity contribution in [3.63, 3.8) is 0 Å². The minimum Gasteiger partial charge on any atom is -0.387 e. The van der Waals surface area contributed by atoms with Crippen molar-refractivity contribution in [2.75, 3.05) is 19.0 Å². The van der Waals surface area contributed by atoms with Crippen molar-refractivity contribution in [1.82, 2.24) is 0 Å². The molecular weight excluding hydrogens is 260 g/mol. The molecule has 0 saturated heterocycles. The summed E-state index contributed by atoms with van der Waals surface area (Å²) in [6.07, 6.45) is 6.62. The van der Waals surface area contributed by atoms with Crippen LogP contribution in [0.5, 0.6) is 0 Å². The molecule has 114 valence electrons. The van der Waals surface area contributed by atoms with Gasteiger partial charge in [0.1, 0.15) is 0 Å². The average Bonchev–Trinajstić information content (AvgIpc) is 2.47. The van der Waals surface area contributed by atoms with Gasteiger partial charge in [-0.3, -0.25) is 0 Å². The van der Waals surface area contributed by atoms with E-state index >= 15 is 0 Å². The first-order chi connectivity index (χ1) is 10.1. The van der Waals surface area contributed by atoms with Crippen LogP contribution in [0, 0.1) is 16.7 Å². The lowest BCUT2D eigenvalue weighted by atomic mass is 9.71. The van der Waals surface area contributed by atoms with E-state index in [0.717, 1.165) is 36.9 Å². The largest absolute Gasteiger partial charge is 0.387 e. The maximum atomic E-state index is 10.8. The Hall–Kier alpha value is -1.53. The number of hydrogen-bond acceptors (Lipinski definition) is 3. The standard InChI is InChI=1S/C18H26N2O/c1-20(2)16-10-8-15(9-11-16)17(21)18(14-19)12-6-4-3-5-7-13-18/h8-11,17,21H,3-7,12-13H2,1-2H3. The van der Waals surface area contributed by atoms with Crippen LogP contribution in [0.1, 0.15) is 56.6 Å². The van der Waals surface area contributed by atoms with Crippen molar-refractivity contribution in [3.8, 4) is 6.07 Å². The van der Waals surface area contributed by atoms with Crippen molar-refractivity contribution in [1.29, 1.82) is 5.26 Å². The van der Waals surface area contributed by atoms with Gasteiger partial charge in [-0.05, 0) is 30.5 Å². The zero-order valence-corrected chi connectivity index (χ0v) is 13.2. The maximum Gasteiger partial charge on any atom is 0.0976 e. The van der Waals surface area contributed by atoms with Gasteiger partial charge in [0, 0.05) is 19.8 Å². The molecule has 1 atom stereocenters. The van der Waals surface area contributed by atoms with Gasteiger partial charge in [-0.2, -0.15) is 5.26 Å². The predicted molar refractivity (Wildman–Crippen MR) is 86.1 cm³/mol. The highest BCUT2D eigenvalue weighted by Crippen LogP contribution is 2.44. The number of aliphatic hydroxyl groups is 1. The third-order valence-electron chi connectivity index (χ3n) is 4.72. The number of nitrogens with zero attached hydrogens (tertiary/aromatic N) is 2. The summed E-state index contributed by atoms with van der Waals surface area (Å²) in [6.45, 7) is 0. The van der Waals surface area contributed by atoms with E-state index in [2.05, 4.69) is 6.07 Å². The molecule has 0 bridgehead atoms. The van der Waals surface area contributed by atoms with Crippen LogP contribution in [0.4, 0.5) is 5.69 Å². The second-order valence-corrected chi connectivity index (χ2v) is 6.42. The van der Waals surface area contributed by atoms with E-state index in [9.17, 15) is 10.4 Å². The molecule has 0 spiro atoms. The molecule has 0 amide bonds. The summed E-state index contributed by atoms with van der Waals surface area (Å²) in [4.78, 5) is 2.03. The van der Waals surface area contributed by atoms with Crippen molar-refractivity contribution in [2.45, 2.75) is 51.0 Å². The molecular formula is C18H26N2O. The topological polar surface area (TPSA) is 47.3 Å². The molecule has 1 saturated carbocycles. The minimum absolute atomic E-state index is 0.611. The highest BCUT2D eigenvalue weighted by atomic mass is 16.3. The molecule has 0 heterocycles. The number of nitriles is 1. The Labute approximate surface area is 128 Å². The SMILES string of the molecule is CN(C)c1ccc(C(O)C2(C#N)CCCCCCC2)cc1. The number of benzene rings is 1. The molecule has 0 radical (unpaired) electrons. The maximum absolute atomic E-state index is 10.8. The van der Waals surface area contributed by atoms with Crippen LogP contribution in [0.2, 0.25) is 0 Å². The number of aliphatic hydroxyl groups excluding tert-OH is 1. The Kier molecular flexibility index (Phi) is 5.25. The summed E-state index contributed by atoms with van der Waals surface area (Å²) < 4.78 is 0. The first-order valence-electron chi connectivity index (χ1n) is 7.96. The molecule has 1 aromatic rings. The van der Waals surface area contributed by atoms with Gasteiger partial charge in [-0.15, -0.1) is 0 Å². The van der Waals surface area contributed by atoms with Crippen LogP contribution in [0.3, 0.4) is 0 Å². The molecule has 1 N–H and O–H groups in total. The van der Waals surface area contributed by atoms with E-state index in [1.807, 2.05) is 43.3 Å². The Morgan fingerprint density at radius 1 is 1.05 bits per heavy atom. The quantitative estimate of drug-likeness (QED) is 0.912. The zero-order valence-electron chi connectivity index (χ0n) is 13.2. The highest BCUT2D eigenvalue weighted by molar-refractivity contribution is 5.46. The van der Waals surface area contributed by atoms with E-state index in [1.54, 1.807) is 0 Å². The van der Waals surface area contributed by atoms with E-state index < -0.39 is 11.5 Å². The second-order valence-electron chi connectivity index (χ2n) is 6.42. The molecule has 0 aromatic heterocycles. The highest BCUT2D eigenvalue weighted by Gasteiger charge is 2.38. The summed E-state index contributed by atoms with van der Waals surface area (Å²) in [7, 11) is 3.99. The summed E-state index contributed by atoms with van der Waals surface area (Å²) >= 11 is 0. The third kappa shape index (κ3) is 3.57. The van der Waals surface area contributed by atoms with Gasteiger partial charge in [0.2, 0.25) is 0 Å². The lowest BCUT2D eigenvalue weighted by Crippen LogP contribution is -2.28. The molecule has 1 aromatic carbocycles. The van der Waals surface area contributed by atoms with Crippen molar-refractivity contribution in [3.05, 3.63) is 29.8 Å². The van der Waals surface area contributed by atoms with Gasteiger partial charge in [0.25, 0.3) is 0 Å². The van der Waals surface area contributed by atoms with Gasteiger partial charge in [-0.25, -0.2) is 0 Å². The molecule has 1 unspecified atom stereocenters. The van der Waals surface area contributed by atoms with Crippen LogP contribution in [-0.4, -0.2) is 19.2 Å². The fourth-order valence-electron chi connectivity index (χ4n) is 3.26. The van der Waals surface area contributed by atoms with E-state index in [1.165, 1.54) is 19.3 Å². The molecule has 3 nitrogen and oxygen atoms in total. The van der Waals surface area contributed by atoms with Gasteiger partial charge in [0.15, 0.2) is 0 Å². The molecule has 1 aliphatic carbocycles. The monoisotopic (exact) mass is 286 g/mol. The van der Waals surface area contributed by atoms with Crippen LogP contribution in [0.25, 0.3) is 0 Å². The number of hydrogen-bond donors (Lipinski definition) is 1. The molecule has 2 rings (SSSR count). The normalized spacial score (nSPS) is 19.9. The molecule has 21 heavy (non-hydrogen) atoms. The third-order valence-corrected chi connectivity index (χ3v) is 4.72. The average molecular weight is 286 g/mol. The van der Waals surface area contributed by atoms with Crippen LogP contribution in [-0.2, 0) is 0 Å². The summed E-state index contributed by atoms with van der Waals surface area (Å²) in [5.41, 5.74) is 1.36. The molecule has 3 heteroatoms. The van der Waals surface area contributed by atoms with Crippen molar-refractivity contribution in [2.24, 2.45) is 5.41 Å². The van der Waals surface area contributed by atoms with Gasteiger partial charge >= 0.3 is 0 Å². The van der Waals surface area contributed by atoms with Crippen molar-refractivity contribution < 1.29 is 5.11 Å². The zero-order chi connectivity index (χ0) is 15.3. The van der Waals surface area contributed by atoms with E-state index in [-0.39, 0.29) is 0 Å². The van der Waals surface area contributed by atoms with Gasteiger partial charge in [-0.1, -0.05) is 44.2 Å². The fourth-order valence-corrected chi connectivity index (χ4v) is 3.26. The predicted octanol–water partition coefficient (Wildman–Crippen LogP) is 4.04. The van der Waals surface area contributed by atoms with Crippen LogP contribution < -0.4 is 4.90 Å². The first kappa shape index (κ1) is 15.9. The van der Waals surface area contributed by atoms with E-state index in [0.29, 0.717) is 0 Å². The number of rotatable bonds is 3. The van der Waals surface area contributed by atoms with Crippen LogP contribution >= 0.6 is 0 Å². The summed E-state index contributed by atoms with van der Waals surface area (Å²) in [5, 5.41) is 20.5. The Morgan fingerprint density at radius 2 is 1.57 bits per heavy atom. The molecule has 1 aliphatic rings. The van der Waals surface area contributed by atoms with Crippen LogP contribution in [0.15, 0.2) is 24.3 Å². The second kappa shape index (κ2) is 6.95. The van der Waals surface area contributed by atoms with Crippen molar-refractivity contribution >= 4 is 5.69 Å². The smallest absolute Gasteiger partial charge is 0.0976 e. The Bertz CT molecular complexity index is 479. The fraction of sp³-hybridized carbons (Fsp3) is 0.611. The summed E-state index contributed by atoms with van der Waals surface area (Å²) in [6, 6.07) is 10.4. The van der Waals surface area contributed by atoms with Gasteiger partial charge in [0.05, 0.1) is 17.6 Å². The Morgan fingerprint density at radius 3 is 2.05 bits per heavy atom. The van der Waals surface area contributed by atoms with Gasteiger partial charge < -0.3 is 10.0 Å². The molecule has 0 aliphatic heterocycles. The van der Waals surface area contributed by atoms with E-state index in [4.69, 9.17) is 0 Å². The first-order valence-corrected chi connectivity index (χ1v) is 7.96. The Balaban J connectivity index is 2.22. The molecule has 1 fully saturated rings. The summed E-state index contributed by atoms with van der Waals surface area (Å²) in [5.74, 6) is 0.